The van der Waals surface area contributed by atoms with Gasteiger partial charge in [0, 0.05) is 31.2 Å². The van der Waals surface area contributed by atoms with E-state index in [-0.39, 0.29) is 19.1 Å². The Hall–Kier alpha value is -1.09. The molecule has 0 aliphatic carbocycles. The molecule has 3 atom stereocenters. The molecule has 5 nitrogen and oxygen atoms in total. The molecule has 0 radical (unpaired) electrons. The SMILES string of the molecule is O=S(=O)(c1cc(F)cc(F)c1)N1CCC[C@@H]1[C@H]1COCC[C@@H]1O. The van der Waals surface area contributed by atoms with Crippen LogP contribution >= 0.6 is 0 Å². The highest BCUT2D eigenvalue weighted by molar-refractivity contribution is 7.89. The van der Waals surface area contributed by atoms with Crippen molar-refractivity contribution in [2.45, 2.75) is 36.3 Å². The first-order chi connectivity index (χ1) is 10.9. The third-order valence-electron chi connectivity index (χ3n) is 4.55. The minimum atomic E-state index is -4.02. The van der Waals surface area contributed by atoms with Gasteiger partial charge < -0.3 is 9.84 Å². The van der Waals surface area contributed by atoms with Crippen LogP contribution < -0.4 is 0 Å². The number of nitrogens with zero attached hydrogens (tertiary/aromatic N) is 1. The normalized spacial score (nSPS) is 29.8. The topological polar surface area (TPSA) is 66.8 Å². The molecule has 0 amide bonds. The van der Waals surface area contributed by atoms with Gasteiger partial charge in [0.15, 0.2) is 0 Å². The van der Waals surface area contributed by atoms with Gasteiger partial charge in [0.05, 0.1) is 17.6 Å². The summed E-state index contributed by atoms with van der Waals surface area (Å²) in [6.07, 6.45) is 1.07. The van der Waals surface area contributed by atoms with E-state index in [1.54, 1.807) is 0 Å². The predicted molar refractivity (Wildman–Crippen MR) is 78.2 cm³/mol. The molecule has 1 aromatic rings. The van der Waals surface area contributed by atoms with Crippen molar-refractivity contribution in [3.63, 3.8) is 0 Å². The molecule has 2 aliphatic heterocycles. The first-order valence-electron chi connectivity index (χ1n) is 7.63. The fourth-order valence-electron chi connectivity index (χ4n) is 3.42. The van der Waals surface area contributed by atoms with Crippen LogP contribution in [-0.4, -0.2) is 49.7 Å². The Kier molecular flexibility index (Phi) is 4.68. The summed E-state index contributed by atoms with van der Waals surface area (Å²) >= 11 is 0. The highest BCUT2D eigenvalue weighted by atomic mass is 32.2. The van der Waals surface area contributed by atoms with Gasteiger partial charge in [-0.15, -0.1) is 0 Å². The van der Waals surface area contributed by atoms with Gasteiger partial charge in [-0.2, -0.15) is 4.31 Å². The van der Waals surface area contributed by atoms with Crippen molar-refractivity contribution in [1.82, 2.24) is 4.31 Å². The summed E-state index contributed by atoms with van der Waals surface area (Å²) in [7, 11) is -4.02. The predicted octanol–water partition coefficient (Wildman–Crippen LogP) is 1.52. The molecule has 0 bridgehead atoms. The summed E-state index contributed by atoms with van der Waals surface area (Å²) in [6, 6.07) is 1.86. The summed E-state index contributed by atoms with van der Waals surface area (Å²) < 4.78 is 58.9. The van der Waals surface area contributed by atoms with E-state index < -0.39 is 38.7 Å². The maximum atomic E-state index is 13.4. The summed E-state index contributed by atoms with van der Waals surface area (Å²) in [5, 5.41) is 10.2. The smallest absolute Gasteiger partial charge is 0.243 e. The van der Waals surface area contributed by atoms with Crippen LogP contribution in [0.25, 0.3) is 0 Å². The zero-order valence-electron chi connectivity index (χ0n) is 12.5. The molecule has 2 saturated heterocycles. The number of ether oxygens (including phenoxy) is 1. The highest BCUT2D eigenvalue weighted by Crippen LogP contribution is 2.34. The second kappa shape index (κ2) is 6.43. The molecule has 2 heterocycles. The van der Waals surface area contributed by atoms with Crippen LogP contribution in [-0.2, 0) is 14.8 Å². The number of aliphatic hydroxyl groups excluding tert-OH is 1. The molecule has 1 aromatic carbocycles. The molecule has 8 heteroatoms. The number of halogens is 2. The molecule has 2 aliphatic rings. The first-order valence-corrected chi connectivity index (χ1v) is 9.07. The lowest BCUT2D eigenvalue weighted by Gasteiger charge is -2.36. The Balaban J connectivity index is 1.91. The van der Waals surface area contributed by atoms with E-state index in [9.17, 15) is 22.3 Å². The molecule has 3 rings (SSSR count). The zero-order chi connectivity index (χ0) is 16.6. The van der Waals surface area contributed by atoms with Gasteiger partial charge in [0.2, 0.25) is 10.0 Å². The van der Waals surface area contributed by atoms with Crippen LogP contribution in [0.5, 0.6) is 0 Å². The number of aliphatic hydroxyl groups is 1. The van der Waals surface area contributed by atoms with Crippen molar-refractivity contribution >= 4 is 10.0 Å². The van der Waals surface area contributed by atoms with E-state index in [4.69, 9.17) is 4.74 Å². The lowest BCUT2D eigenvalue weighted by Crippen LogP contribution is -2.48. The number of rotatable bonds is 3. The average molecular weight is 347 g/mol. The van der Waals surface area contributed by atoms with Crippen molar-refractivity contribution in [2.75, 3.05) is 19.8 Å². The molecule has 0 aromatic heterocycles. The Bertz CT molecular complexity index is 662. The van der Waals surface area contributed by atoms with Crippen LogP contribution in [0, 0.1) is 17.6 Å². The number of sulfonamides is 1. The van der Waals surface area contributed by atoms with E-state index in [2.05, 4.69) is 0 Å². The average Bonchev–Trinajstić information content (AvgIpc) is 2.96. The summed E-state index contributed by atoms with van der Waals surface area (Å²) in [6.45, 7) is 1.01. The van der Waals surface area contributed by atoms with Crippen LogP contribution in [0.4, 0.5) is 8.78 Å². The van der Waals surface area contributed by atoms with Gasteiger partial charge >= 0.3 is 0 Å². The molecule has 0 saturated carbocycles. The van der Waals surface area contributed by atoms with Crippen molar-refractivity contribution in [3.8, 4) is 0 Å². The molecular weight excluding hydrogens is 328 g/mol. The van der Waals surface area contributed by atoms with Gasteiger partial charge in [-0.25, -0.2) is 17.2 Å². The molecule has 0 unspecified atom stereocenters. The van der Waals surface area contributed by atoms with Crippen LogP contribution in [0.15, 0.2) is 23.1 Å². The summed E-state index contributed by atoms with van der Waals surface area (Å²) in [4.78, 5) is -0.395. The third kappa shape index (κ3) is 3.26. The Morgan fingerprint density at radius 2 is 1.87 bits per heavy atom. The number of hydrogen-bond donors (Lipinski definition) is 1. The summed E-state index contributed by atoms with van der Waals surface area (Å²) in [5.41, 5.74) is 0. The molecular formula is C15H19F2NO4S. The minimum Gasteiger partial charge on any atom is -0.393 e. The maximum absolute atomic E-state index is 13.4. The standard InChI is InChI=1S/C15H19F2NO4S/c16-10-6-11(17)8-12(7-10)23(20,21)18-4-1-2-14(18)13-9-22-5-3-15(13)19/h6-8,13-15,19H,1-5,9H2/t13-,14-,15+/m1/s1. The van der Waals surface area contributed by atoms with E-state index in [1.807, 2.05) is 0 Å². The van der Waals surface area contributed by atoms with Crippen molar-refractivity contribution in [1.29, 1.82) is 0 Å². The monoisotopic (exact) mass is 347 g/mol. The van der Waals surface area contributed by atoms with E-state index in [0.29, 0.717) is 31.9 Å². The van der Waals surface area contributed by atoms with Crippen molar-refractivity contribution < 1.29 is 27.0 Å². The van der Waals surface area contributed by atoms with E-state index in [0.717, 1.165) is 12.1 Å². The van der Waals surface area contributed by atoms with Gasteiger partial charge in [-0.3, -0.25) is 0 Å². The summed E-state index contributed by atoms with van der Waals surface area (Å²) in [5.74, 6) is -2.18. The van der Waals surface area contributed by atoms with Crippen LogP contribution in [0.1, 0.15) is 19.3 Å². The van der Waals surface area contributed by atoms with Crippen LogP contribution in [0.2, 0.25) is 0 Å². The first kappa shape index (κ1) is 16.8. The van der Waals surface area contributed by atoms with Crippen molar-refractivity contribution in [2.24, 2.45) is 5.92 Å². The van der Waals surface area contributed by atoms with E-state index in [1.165, 1.54) is 4.31 Å². The minimum absolute atomic E-state index is 0.272. The quantitative estimate of drug-likeness (QED) is 0.900. The van der Waals surface area contributed by atoms with Gasteiger partial charge in [-0.1, -0.05) is 0 Å². The molecule has 1 N–H and O–H groups in total. The molecule has 0 spiro atoms. The molecule has 23 heavy (non-hydrogen) atoms. The van der Waals surface area contributed by atoms with Gasteiger partial charge in [0.25, 0.3) is 0 Å². The largest absolute Gasteiger partial charge is 0.393 e. The maximum Gasteiger partial charge on any atom is 0.243 e. The highest BCUT2D eigenvalue weighted by Gasteiger charge is 2.43. The van der Waals surface area contributed by atoms with Crippen molar-refractivity contribution in [3.05, 3.63) is 29.8 Å². The van der Waals surface area contributed by atoms with E-state index >= 15 is 0 Å². The lowest BCUT2D eigenvalue weighted by molar-refractivity contribution is -0.0543. The Morgan fingerprint density at radius 1 is 1.17 bits per heavy atom. The lowest BCUT2D eigenvalue weighted by atomic mass is 9.90. The zero-order valence-corrected chi connectivity index (χ0v) is 13.3. The second-order valence-corrected chi connectivity index (χ2v) is 7.92. The fourth-order valence-corrected chi connectivity index (χ4v) is 5.20. The second-order valence-electron chi connectivity index (χ2n) is 6.03. The molecule has 2 fully saturated rings. The number of benzene rings is 1. The Labute approximate surface area is 133 Å². The Morgan fingerprint density at radius 3 is 2.52 bits per heavy atom. The third-order valence-corrected chi connectivity index (χ3v) is 6.45. The van der Waals surface area contributed by atoms with Gasteiger partial charge in [0.1, 0.15) is 11.6 Å². The van der Waals surface area contributed by atoms with Crippen LogP contribution in [0.3, 0.4) is 0 Å². The number of hydrogen-bond acceptors (Lipinski definition) is 4. The van der Waals surface area contributed by atoms with Gasteiger partial charge in [-0.05, 0) is 31.4 Å². The fraction of sp³-hybridized carbons (Fsp3) is 0.600. The molecule has 128 valence electrons.